The zero-order chi connectivity index (χ0) is 18.7. The van der Waals surface area contributed by atoms with E-state index in [4.69, 9.17) is 0 Å². The number of Topliss-reactive ketones (excluding diaryl/α,β-unsaturated/α-hetero) is 1. The van der Waals surface area contributed by atoms with Crippen LogP contribution in [0.2, 0.25) is 0 Å². The third-order valence-electron chi connectivity index (χ3n) is 7.08. The van der Waals surface area contributed by atoms with E-state index in [2.05, 4.69) is 0 Å². The number of fused-ring (bicyclic) bond motifs is 3. The fourth-order valence-corrected chi connectivity index (χ4v) is 5.36. The van der Waals surface area contributed by atoms with Crippen molar-refractivity contribution in [2.24, 2.45) is 22.7 Å². The van der Waals surface area contributed by atoms with Crippen LogP contribution in [0.1, 0.15) is 47.0 Å². The molecule has 0 aromatic heterocycles. The molecule has 0 bridgehead atoms. The van der Waals surface area contributed by atoms with Crippen LogP contribution in [-0.4, -0.2) is 51.1 Å². The van der Waals surface area contributed by atoms with Gasteiger partial charge in [-0.15, -0.1) is 0 Å². The predicted octanol–water partition coefficient (Wildman–Crippen LogP) is 1.35. The maximum Gasteiger partial charge on any atom is 0.188 e. The smallest absolute Gasteiger partial charge is 0.188 e. The van der Waals surface area contributed by atoms with Crippen LogP contribution >= 0.6 is 0 Å². The van der Waals surface area contributed by atoms with Crippen molar-refractivity contribution in [3.8, 4) is 0 Å². The van der Waals surface area contributed by atoms with Gasteiger partial charge in [-0.1, -0.05) is 39.3 Å². The maximum absolute atomic E-state index is 12.8. The van der Waals surface area contributed by atoms with E-state index in [1.54, 1.807) is 6.08 Å². The van der Waals surface area contributed by atoms with Crippen molar-refractivity contribution in [2.75, 3.05) is 6.61 Å². The van der Waals surface area contributed by atoms with Gasteiger partial charge in [0, 0.05) is 16.4 Å². The zero-order valence-electron chi connectivity index (χ0n) is 15.5. The molecule has 4 N–H and O–H groups in total. The van der Waals surface area contributed by atoms with Gasteiger partial charge in [0.25, 0.3) is 0 Å². The third-order valence-corrected chi connectivity index (χ3v) is 7.08. The van der Waals surface area contributed by atoms with Gasteiger partial charge in [-0.25, -0.2) is 0 Å². The van der Waals surface area contributed by atoms with E-state index in [9.17, 15) is 25.2 Å². The predicted molar refractivity (Wildman–Crippen MR) is 93.6 cm³/mol. The first kappa shape index (κ1) is 18.8. The second-order valence-corrected chi connectivity index (χ2v) is 8.79. The average Bonchev–Trinajstić information content (AvgIpc) is 2.71. The highest BCUT2D eigenvalue weighted by molar-refractivity contribution is 6.04. The number of aliphatic hydroxyl groups excluding tert-OH is 4. The normalized spacial score (nSPS) is 44.5. The van der Waals surface area contributed by atoms with E-state index >= 15 is 0 Å². The molecule has 0 spiro atoms. The van der Waals surface area contributed by atoms with Crippen molar-refractivity contribution in [1.82, 2.24) is 0 Å². The lowest BCUT2D eigenvalue weighted by atomic mass is 9.53. The molecule has 1 fully saturated rings. The summed E-state index contributed by atoms with van der Waals surface area (Å²) in [6.07, 6.45) is 0.397. The second kappa shape index (κ2) is 6.02. The van der Waals surface area contributed by atoms with Crippen molar-refractivity contribution < 1.29 is 25.2 Å². The number of allylic oxidation sites excluding steroid dienone is 1. The van der Waals surface area contributed by atoms with Crippen LogP contribution in [0.15, 0.2) is 22.8 Å². The number of hydrogen-bond donors (Lipinski definition) is 4. The van der Waals surface area contributed by atoms with Gasteiger partial charge in [0.2, 0.25) is 0 Å². The minimum absolute atomic E-state index is 0.00654. The van der Waals surface area contributed by atoms with E-state index in [1.165, 1.54) is 0 Å². The Morgan fingerprint density at radius 2 is 1.84 bits per heavy atom. The second-order valence-electron chi connectivity index (χ2n) is 8.79. The molecule has 0 aromatic carbocycles. The topological polar surface area (TPSA) is 98.0 Å². The highest BCUT2D eigenvalue weighted by Crippen LogP contribution is 2.62. The lowest BCUT2D eigenvalue weighted by Gasteiger charge is -2.52. The maximum atomic E-state index is 12.8. The number of ketones is 1. The number of hydrogen-bond acceptors (Lipinski definition) is 5. The molecule has 0 amide bonds. The van der Waals surface area contributed by atoms with Gasteiger partial charge in [0.1, 0.15) is 12.2 Å². The van der Waals surface area contributed by atoms with Crippen molar-refractivity contribution >= 4 is 5.78 Å². The molecular weight excluding hydrogens is 320 g/mol. The standard InChI is InChI=1S/C20H30O5/c1-10(2)13-14-12-6-5-11(9-21)15(22)17(24)19(12,3)7-8-20(14,4)18(25)16(13)23/h5,10,12,15,17-18,21-22,24-25H,6-9H2,1-4H3/t12-,15-,17+,18-,19-,20-/m1/s1. The molecule has 0 unspecified atom stereocenters. The molecule has 140 valence electrons. The quantitative estimate of drug-likeness (QED) is 0.564. The molecule has 0 aromatic rings. The molecule has 1 saturated carbocycles. The van der Waals surface area contributed by atoms with Crippen LogP contribution in [0.4, 0.5) is 0 Å². The Bertz CT molecular complexity index is 648. The Kier molecular flexibility index (Phi) is 4.52. The zero-order valence-corrected chi connectivity index (χ0v) is 15.5. The third kappa shape index (κ3) is 2.40. The molecule has 3 rings (SSSR count). The lowest BCUT2D eigenvalue weighted by Crippen LogP contribution is -2.52. The largest absolute Gasteiger partial charge is 0.392 e. The molecule has 3 aliphatic rings. The fourth-order valence-electron chi connectivity index (χ4n) is 5.36. The lowest BCUT2D eigenvalue weighted by molar-refractivity contribution is -0.129. The van der Waals surface area contributed by atoms with Crippen molar-refractivity contribution in [2.45, 2.75) is 65.3 Å². The highest BCUT2D eigenvalue weighted by Gasteiger charge is 2.61. The summed E-state index contributed by atoms with van der Waals surface area (Å²) in [5, 5.41) is 41.6. The van der Waals surface area contributed by atoms with Crippen LogP contribution in [0.25, 0.3) is 0 Å². The van der Waals surface area contributed by atoms with E-state index < -0.39 is 29.1 Å². The SMILES string of the molecule is CC(C)C1=C2[C@H]3CC=C(CO)[C@@H](O)[C@H](O)[C@]3(C)CC[C@@]2(C)[C@H](O)C1=O. The van der Waals surface area contributed by atoms with E-state index in [0.717, 1.165) is 5.57 Å². The molecule has 0 aliphatic heterocycles. The molecule has 0 heterocycles. The Labute approximate surface area is 149 Å². The average molecular weight is 350 g/mol. The summed E-state index contributed by atoms with van der Waals surface area (Å²) >= 11 is 0. The van der Waals surface area contributed by atoms with Crippen molar-refractivity contribution in [1.29, 1.82) is 0 Å². The van der Waals surface area contributed by atoms with Crippen molar-refractivity contribution in [3.05, 3.63) is 22.8 Å². The van der Waals surface area contributed by atoms with Gasteiger partial charge in [-0.3, -0.25) is 4.79 Å². The van der Waals surface area contributed by atoms with Crippen LogP contribution in [-0.2, 0) is 4.79 Å². The first-order valence-electron chi connectivity index (χ1n) is 9.22. The summed E-state index contributed by atoms with van der Waals surface area (Å²) in [5.41, 5.74) is 0.861. The first-order chi connectivity index (χ1) is 11.6. The van der Waals surface area contributed by atoms with Gasteiger partial charge in [-0.2, -0.15) is 0 Å². The van der Waals surface area contributed by atoms with Crippen LogP contribution in [0.5, 0.6) is 0 Å². The summed E-state index contributed by atoms with van der Waals surface area (Å²) in [6.45, 7) is 7.53. The number of carbonyl (C=O) groups excluding carboxylic acids is 1. The van der Waals surface area contributed by atoms with Crippen molar-refractivity contribution in [3.63, 3.8) is 0 Å². The van der Waals surface area contributed by atoms with E-state index in [0.29, 0.717) is 30.4 Å². The van der Waals surface area contributed by atoms with Crippen LogP contribution in [0.3, 0.4) is 0 Å². The summed E-state index contributed by atoms with van der Waals surface area (Å²) in [4.78, 5) is 12.8. The molecule has 25 heavy (non-hydrogen) atoms. The number of rotatable bonds is 2. The Morgan fingerprint density at radius 3 is 2.40 bits per heavy atom. The Morgan fingerprint density at radius 1 is 1.20 bits per heavy atom. The molecular formula is C20H30O5. The van der Waals surface area contributed by atoms with Gasteiger partial charge < -0.3 is 20.4 Å². The van der Waals surface area contributed by atoms with Crippen LogP contribution in [0, 0.1) is 22.7 Å². The molecule has 0 saturated heterocycles. The summed E-state index contributed by atoms with van der Waals surface area (Å²) in [7, 11) is 0. The van der Waals surface area contributed by atoms with Gasteiger partial charge in [0.05, 0.1) is 12.7 Å². The molecule has 5 heteroatoms. The summed E-state index contributed by atoms with van der Waals surface area (Å²) in [5.74, 6) is -0.339. The van der Waals surface area contributed by atoms with Gasteiger partial charge in [-0.05, 0) is 36.7 Å². The number of aliphatic hydroxyl groups is 4. The molecule has 0 radical (unpaired) electrons. The number of carbonyl (C=O) groups is 1. The van der Waals surface area contributed by atoms with Gasteiger partial charge >= 0.3 is 0 Å². The fraction of sp³-hybridized carbons (Fsp3) is 0.750. The minimum Gasteiger partial charge on any atom is -0.392 e. The van der Waals surface area contributed by atoms with E-state index in [1.807, 2.05) is 27.7 Å². The Hall–Kier alpha value is -1.01. The minimum atomic E-state index is -1.10. The Balaban J connectivity index is 2.20. The molecule has 3 aliphatic carbocycles. The first-order valence-corrected chi connectivity index (χ1v) is 9.22. The van der Waals surface area contributed by atoms with E-state index in [-0.39, 0.29) is 24.2 Å². The van der Waals surface area contributed by atoms with Gasteiger partial charge in [0.15, 0.2) is 5.78 Å². The summed E-state index contributed by atoms with van der Waals surface area (Å²) in [6, 6.07) is 0. The molecule has 5 nitrogen and oxygen atoms in total. The highest BCUT2D eigenvalue weighted by atomic mass is 16.3. The van der Waals surface area contributed by atoms with Crippen LogP contribution < -0.4 is 0 Å². The summed E-state index contributed by atoms with van der Waals surface area (Å²) < 4.78 is 0. The molecule has 6 atom stereocenters. The monoisotopic (exact) mass is 350 g/mol.